The Morgan fingerprint density at radius 1 is 1.10 bits per heavy atom. The van der Waals surface area contributed by atoms with Crippen molar-refractivity contribution in [2.75, 3.05) is 32.6 Å². The van der Waals surface area contributed by atoms with Crippen LogP contribution in [0.1, 0.15) is 28.8 Å². The highest BCUT2D eigenvalue weighted by Crippen LogP contribution is 2.32. The number of benzene rings is 2. The number of methoxy groups -OCH3 is 2. The van der Waals surface area contributed by atoms with E-state index < -0.39 is 29.5 Å². The van der Waals surface area contributed by atoms with Crippen molar-refractivity contribution in [2.24, 2.45) is 5.92 Å². The number of ketones is 1. The predicted molar refractivity (Wildman–Crippen MR) is 109 cm³/mol. The fourth-order valence-corrected chi connectivity index (χ4v) is 3.56. The summed E-state index contributed by atoms with van der Waals surface area (Å²) in [5.41, 5.74) is -0.422. The Bertz CT molecular complexity index is 962. The van der Waals surface area contributed by atoms with Gasteiger partial charge < -0.3 is 19.7 Å². The monoisotopic (exact) mass is 436 g/mol. The summed E-state index contributed by atoms with van der Waals surface area (Å²) in [6.07, 6.45) is -3.44. The van der Waals surface area contributed by atoms with Crippen LogP contribution in [0.4, 0.5) is 23.7 Å². The van der Waals surface area contributed by atoms with Crippen LogP contribution in [-0.2, 0) is 6.18 Å². The molecule has 2 aromatic rings. The number of rotatable bonds is 5. The van der Waals surface area contributed by atoms with Gasteiger partial charge in [0, 0.05) is 30.6 Å². The zero-order valence-electron chi connectivity index (χ0n) is 17.2. The van der Waals surface area contributed by atoms with Gasteiger partial charge in [-0.2, -0.15) is 13.2 Å². The smallest absolute Gasteiger partial charge is 0.416 e. The van der Waals surface area contributed by atoms with Crippen molar-refractivity contribution in [1.82, 2.24) is 4.90 Å². The summed E-state index contributed by atoms with van der Waals surface area (Å²) in [4.78, 5) is 27.1. The molecule has 0 bridgehead atoms. The second-order valence-corrected chi connectivity index (χ2v) is 7.22. The molecule has 6 nitrogen and oxygen atoms in total. The van der Waals surface area contributed by atoms with Crippen LogP contribution in [0.2, 0.25) is 0 Å². The second kappa shape index (κ2) is 9.28. The number of anilines is 1. The van der Waals surface area contributed by atoms with Crippen molar-refractivity contribution in [1.29, 1.82) is 0 Å². The number of carbonyl (C=O) groups is 2. The van der Waals surface area contributed by atoms with E-state index in [1.165, 1.54) is 31.3 Å². The summed E-state index contributed by atoms with van der Waals surface area (Å²) in [5.74, 6) is 0.0206. The molecule has 166 valence electrons. The molecule has 0 radical (unpaired) electrons. The normalized spacial score (nSPS) is 16.5. The lowest BCUT2D eigenvalue weighted by Crippen LogP contribution is -2.44. The van der Waals surface area contributed by atoms with Gasteiger partial charge in [-0.1, -0.05) is 12.1 Å². The van der Waals surface area contributed by atoms with Crippen LogP contribution < -0.4 is 14.8 Å². The first-order valence-electron chi connectivity index (χ1n) is 9.72. The number of ether oxygens (including phenoxy) is 2. The lowest BCUT2D eigenvalue weighted by atomic mass is 9.89. The number of amides is 2. The van der Waals surface area contributed by atoms with E-state index in [-0.39, 0.29) is 12.1 Å². The third-order valence-electron chi connectivity index (χ3n) is 5.20. The summed E-state index contributed by atoms with van der Waals surface area (Å²) >= 11 is 0. The van der Waals surface area contributed by atoms with Gasteiger partial charge in [-0.15, -0.1) is 0 Å². The molecule has 9 heteroatoms. The number of urea groups is 1. The number of alkyl halides is 3. The average molecular weight is 436 g/mol. The van der Waals surface area contributed by atoms with Crippen molar-refractivity contribution in [3.05, 3.63) is 53.6 Å². The molecule has 1 saturated heterocycles. The van der Waals surface area contributed by atoms with E-state index in [1.54, 1.807) is 18.2 Å². The topological polar surface area (TPSA) is 67.9 Å². The number of piperidine rings is 1. The average Bonchev–Trinajstić information content (AvgIpc) is 2.78. The summed E-state index contributed by atoms with van der Waals surface area (Å²) in [6, 6.07) is 8.93. The maximum absolute atomic E-state index is 13.0. The van der Waals surface area contributed by atoms with Gasteiger partial charge in [0.2, 0.25) is 0 Å². The lowest BCUT2D eigenvalue weighted by molar-refractivity contribution is -0.137. The molecule has 3 rings (SSSR count). The molecule has 1 aliphatic rings. The zero-order chi connectivity index (χ0) is 22.6. The first kappa shape index (κ1) is 22.5. The number of nitrogens with zero attached hydrogens (tertiary/aromatic N) is 1. The number of carbonyl (C=O) groups excluding carboxylic acids is 2. The zero-order valence-corrected chi connectivity index (χ0v) is 17.2. The molecular formula is C22H23F3N2O4. The van der Waals surface area contributed by atoms with E-state index in [1.807, 2.05) is 0 Å². The molecule has 0 aromatic heterocycles. The maximum Gasteiger partial charge on any atom is 0.416 e. The quantitative estimate of drug-likeness (QED) is 0.681. The van der Waals surface area contributed by atoms with Crippen molar-refractivity contribution >= 4 is 17.5 Å². The molecule has 2 amide bonds. The van der Waals surface area contributed by atoms with Gasteiger partial charge in [0.15, 0.2) is 5.78 Å². The van der Waals surface area contributed by atoms with Gasteiger partial charge in [-0.3, -0.25) is 4.79 Å². The molecule has 0 spiro atoms. The van der Waals surface area contributed by atoms with E-state index in [0.717, 1.165) is 12.1 Å². The SMILES string of the molecule is COc1ccc(NC(=O)N2CCC[C@@H](C(=O)c3cccc(C(F)(F)F)c3)C2)c(OC)c1. The minimum atomic E-state index is -4.52. The van der Waals surface area contributed by atoms with Gasteiger partial charge >= 0.3 is 12.2 Å². The summed E-state index contributed by atoms with van der Waals surface area (Å²) in [7, 11) is 2.98. The summed E-state index contributed by atoms with van der Waals surface area (Å²) in [6.45, 7) is 0.566. The van der Waals surface area contributed by atoms with Crippen molar-refractivity contribution < 1.29 is 32.2 Å². The lowest BCUT2D eigenvalue weighted by Gasteiger charge is -2.32. The van der Waals surface area contributed by atoms with Crippen LogP contribution in [0.3, 0.4) is 0 Å². The molecule has 1 fully saturated rings. The fraction of sp³-hybridized carbons (Fsp3) is 0.364. The number of hydrogen-bond acceptors (Lipinski definition) is 4. The minimum Gasteiger partial charge on any atom is -0.497 e. The molecule has 0 unspecified atom stereocenters. The fourth-order valence-electron chi connectivity index (χ4n) is 3.56. The standard InChI is InChI=1S/C22H23F3N2O4/c1-30-17-8-9-18(19(12-17)31-2)26-21(29)27-10-4-6-15(13-27)20(28)14-5-3-7-16(11-14)22(23,24)25/h3,5,7-9,11-12,15H,4,6,10,13H2,1-2H3,(H,26,29)/t15-/m1/s1. The number of halogens is 3. The predicted octanol–water partition coefficient (Wildman–Crippen LogP) is 4.85. The molecule has 1 N–H and O–H groups in total. The molecule has 0 saturated carbocycles. The van der Waals surface area contributed by atoms with Gasteiger partial charge in [0.1, 0.15) is 11.5 Å². The summed E-state index contributed by atoms with van der Waals surface area (Å²) < 4.78 is 49.3. The van der Waals surface area contributed by atoms with E-state index in [2.05, 4.69) is 5.32 Å². The van der Waals surface area contributed by atoms with E-state index in [9.17, 15) is 22.8 Å². The van der Waals surface area contributed by atoms with Crippen LogP contribution >= 0.6 is 0 Å². The Morgan fingerprint density at radius 3 is 2.55 bits per heavy atom. The molecule has 0 aliphatic carbocycles. The van der Waals surface area contributed by atoms with Crippen molar-refractivity contribution in [2.45, 2.75) is 19.0 Å². The Hall–Kier alpha value is -3.23. The van der Waals surface area contributed by atoms with E-state index in [4.69, 9.17) is 9.47 Å². The maximum atomic E-state index is 13.0. The van der Waals surface area contributed by atoms with Crippen LogP contribution in [-0.4, -0.2) is 44.0 Å². The first-order chi connectivity index (χ1) is 14.7. The van der Waals surface area contributed by atoms with Gasteiger partial charge in [0.25, 0.3) is 0 Å². The minimum absolute atomic E-state index is 0.00101. The van der Waals surface area contributed by atoms with Gasteiger partial charge in [-0.05, 0) is 37.1 Å². The highest BCUT2D eigenvalue weighted by atomic mass is 19.4. The molecule has 1 atom stereocenters. The van der Waals surface area contributed by atoms with Gasteiger partial charge in [0.05, 0.1) is 25.5 Å². The number of likely N-dealkylation sites (tertiary alicyclic amines) is 1. The Labute approximate surface area is 177 Å². The van der Waals surface area contributed by atoms with Crippen LogP contribution in [0.25, 0.3) is 0 Å². The Morgan fingerprint density at radius 2 is 1.87 bits per heavy atom. The van der Waals surface area contributed by atoms with E-state index in [0.29, 0.717) is 36.6 Å². The first-order valence-corrected chi connectivity index (χ1v) is 9.72. The molecule has 1 aliphatic heterocycles. The van der Waals surface area contributed by atoms with E-state index >= 15 is 0 Å². The van der Waals surface area contributed by atoms with Crippen molar-refractivity contribution in [3.63, 3.8) is 0 Å². The van der Waals surface area contributed by atoms with Crippen LogP contribution in [0.15, 0.2) is 42.5 Å². The van der Waals surface area contributed by atoms with Crippen molar-refractivity contribution in [3.8, 4) is 11.5 Å². The molecule has 2 aromatic carbocycles. The molecule has 31 heavy (non-hydrogen) atoms. The number of nitrogens with one attached hydrogen (secondary N) is 1. The third kappa shape index (κ3) is 5.28. The third-order valence-corrected chi connectivity index (χ3v) is 5.20. The number of hydrogen-bond donors (Lipinski definition) is 1. The second-order valence-electron chi connectivity index (χ2n) is 7.22. The Balaban J connectivity index is 1.70. The number of Topliss-reactive ketones (excluding diaryl/α,β-unsaturated/α-hetero) is 1. The largest absolute Gasteiger partial charge is 0.497 e. The molecular weight excluding hydrogens is 413 g/mol. The summed E-state index contributed by atoms with van der Waals surface area (Å²) in [5, 5.41) is 2.76. The Kier molecular flexibility index (Phi) is 6.72. The highest BCUT2D eigenvalue weighted by Gasteiger charge is 2.33. The highest BCUT2D eigenvalue weighted by molar-refractivity contribution is 5.99. The van der Waals surface area contributed by atoms with Crippen LogP contribution in [0, 0.1) is 5.92 Å². The van der Waals surface area contributed by atoms with Gasteiger partial charge in [-0.25, -0.2) is 4.79 Å². The molecule has 1 heterocycles. The van der Waals surface area contributed by atoms with Crippen LogP contribution in [0.5, 0.6) is 11.5 Å².